The molecule has 0 amide bonds. The predicted octanol–water partition coefficient (Wildman–Crippen LogP) is 7.74. The third-order valence-corrected chi connectivity index (χ3v) is 18.4. The van der Waals surface area contributed by atoms with Crippen LogP contribution in [0.4, 0.5) is 0 Å². The summed E-state index contributed by atoms with van der Waals surface area (Å²) in [6, 6.07) is 0. The van der Waals surface area contributed by atoms with Crippen LogP contribution in [-0.2, 0) is 15.6 Å². The first-order valence-corrected chi connectivity index (χ1v) is 22.0. The van der Waals surface area contributed by atoms with E-state index in [9.17, 15) is 19.2 Å². The normalized spacial score (nSPS) is 44.5. The van der Waals surface area contributed by atoms with Gasteiger partial charge in [0.2, 0.25) is 0 Å². The van der Waals surface area contributed by atoms with Crippen molar-refractivity contribution in [3.63, 3.8) is 0 Å². The summed E-state index contributed by atoms with van der Waals surface area (Å²) in [4.78, 5) is 14.8. The predicted molar refractivity (Wildman–Crippen MR) is 200 cm³/mol. The van der Waals surface area contributed by atoms with Gasteiger partial charge in [-0.3, -0.25) is 9.00 Å². The fraction of sp³-hybridized carbons (Fsp3) is 0.881. The number of aliphatic hydroxyl groups excluding tert-OH is 1. The van der Waals surface area contributed by atoms with Crippen LogP contribution in [0.5, 0.6) is 0 Å². The van der Waals surface area contributed by atoms with E-state index in [1.54, 1.807) is 0 Å². The minimum absolute atomic E-state index is 0.0613. The van der Waals surface area contributed by atoms with Crippen LogP contribution in [-0.4, -0.2) is 75.1 Å². The number of carboxylic acids is 1. The number of nitrogens with one attached hydrogen (secondary N) is 1. The van der Waals surface area contributed by atoms with E-state index in [2.05, 4.69) is 50.1 Å². The van der Waals surface area contributed by atoms with E-state index in [0.29, 0.717) is 46.8 Å². The lowest BCUT2D eigenvalue weighted by Gasteiger charge is -2.68. The summed E-state index contributed by atoms with van der Waals surface area (Å²) in [5.74, 6) is 3.21. The Bertz CT molecular complexity index is 1350. The van der Waals surface area contributed by atoms with Gasteiger partial charge < -0.3 is 20.4 Å². The van der Waals surface area contributed by atoms with Gasteiger partial charge in [0.15, 0.2) is 0 Å². The fourth-order valence-electron chi connectivity index (χ4n) is 14.5. The molecule has 1 aliphatic heterocycles. The molecule has 1 heterocycles. The van der Waals surface area contributed by atoms with Gasteiger partial charge in [0.05, 0.1) is 5.41 Å². The van der Waals surface area contributed by atoms with Crippen LogP contribution >= 0.6 is 0 Å². The molecule has 7 heteroatoms. The smallest absolute Gasteiger partial charge is 0.310 e. The Hall–Kier alpha value is -1.02. The van der Waals surface area contributed by atoms with Crippen molar-refractivity contribution in [2.24, 2.45) is 51.2 Å². The molecule has 0 spiro atoms. The van der Waals surface area contributed by atoms with Gasteiger partial charge >= 0.3 is 5.97 Å². The van der Waals surface area contributed by atoms with Gasteiger partial charge in [0, 0.05) is 47.5 Å². The molecule has 7 aliphatic rings. The highest BCUT2D eigenvalue weighted by Gasteiger charge is 2.65. The van der Waals surface area contributed by atoms with Gasteiger partial charge in [-0.25, -0.2) is 0 Å². The zero-order valence-corrected chi connectivity index (χ0v) is 32.4. The second kappa shape index (κ2) is 13.4. The molecule has 49 heavy (non-hydrogen) atoms. The maximum absolute atomic E-state index is 12.2. The molecule has 0 aromatic heterocycles. The third kappa shape index (κ3) is 5.99. The lowest BCUT2D eigenvalue weighted by molar-refractivity contribution is -0.175. The van der Waals surface area contributed by atoms with E-state index < -0.39 is 22.2 Å². The average molecular weight is 697 g/mol. The average Bonchev–Trinajstić information content (AvgIpc) is 3.50. The van der Waals surface area contributed by atoms with Gasteiger partial charge in [0.25, 0.3) is 0 Å². The summed E-state index contributed by atoms with van der Waals surface area (Å²) in [7, 11) is -0.679. The first-order valence-electron chi connectivity index (χ1n) is 20.3. The van der Waals surface area contributed by atoms with Crippen LogP contribution in [0.25, 0.3) is 0 Å². The summed E-state index contributed by atoms with van der Waals surface area (Å²) >= 11 is 0. The standard InChI is InChI=1S/C42H68N2O4S/c1-38(2)32(29-10-20-41(21-11-29,23-28-45)37(46)47)12-18-40(4)35(38)14-19-39(3)33-13-22-42(17-6-7-34(42)31(33)8-9-36(39)40)43-24-27-44-25-15-30(16-26-44)49(5)48/h10,12,30-31,33-36,43,45H,6-9,11,13-28H2,1-5H3,(H,46,47)/t31?,33?,34-,35?,36?,39?,40?,41?,42+,49?/m1/s1. The fourth-order valence-corrected chi connectivity index (χ4v) is 15.4. The summed E-state index contributed by atoms with van der Waals surface area (Å²) in [6.45, 7) is 14.8. The maximum Gasteiger partial charge on any atom is 0.310 e. The van der Waals surface area contributed by atoms with Crippen molar-refractivity contribution >= 4 is 16.8 Å². The van der Waals surface area contributed by atoms with E-state index in [1.807, 2.05) is 6.26 Å². The molecular formula is C42H68N2O4S. The number of aliphatic hydroxyl groups is 1. The summed E-state index contributed by atoms with van der Waals surface area (Å²) < 4.78 is 12.0. The molecule has 0 aromatic carbocycles. The van der Waals surface area contributed by atoms with E-state index in [1.165, 1.54) is 68.9 Å². The molecule has 5 fully saturated rings. The lowest BCUT2D eigenvalue weighted by Crippen LogP contribution is -2.64. The number of hydrogen-bond donors (Lipinski definition) is 3. The third-order valence-electron chi connectivity index (χ3n) is 17.0. The van der Waals surface area contributed by atoms with E-state index in [0.717, 1.165) is 75.5 Å². The van der Waals surface area contributed by atoms with Crippen LogP contribution in [0.2, 0.25) is 0 Å². The number of hydrogen-bond acceptors (Lipinski definition) is 5. The SMILES string of the molecule is CS(=O)C1CCN(CCN[C@]23CCC[C@@H]2C2CCC4C(C)(CCC5C(C)(C)C(C6=CCC(CCO)(C(=O)O)CC6)=CCC54C)C2CC3)CC1. The molecule has 6 nitrogen and oxygen atoms in total. The number of allylic oxidation sites excluding steroid dienone is 4. The highest BCUT2D eigenvalue weighted by Crippen LogP contribution is 2.72. The molecule has 0 radical (unpaired) electrons. The second-order valence-corrected chi connectivity index (χ2v) is 20.9. The number of fused-ring (bicyclic) bond motifs is 7. The zero-order chi connectivity index (χ0) is 34.8. The molecule has 276 valence electrons. The molecule has 7 rings (SSSR count). The number of likely N-dealkylation sites (tertiary alicyclic amines) is 1. The van der Waals surface area contributed by atoms with Gasteiger partial charge in [-0.05, 0) is 166 Å². The van der Waals surface area contributed by atoms with Crippen molar-refractivity contribution in [1.29, 1.82) is 0 Å². The number of rotatable bonds is 9. The van der Waals surface area contributed by atoms with Crippen molar-refractivity contribution in [3.05, 3.63) is 23.3 Å². The van der Waals surface area contributed by atoms with E-state index in [4.69, 9.17) is 0 Å². The quantitative estimate of drug-likeness (QED) is 0.229. The van der Waals surface area contributed by atoms with Crippen molar-refractivity contribution in [3.8, 4) is 0 Å². The number of aliphatic carboxylic acids is 1. The van der Waals surface area contributed by atoms with Crippen LogP contribution in [0.1, 0.15) is 130 Å². The van der Waals surface area contributed by atoms with Crippen molar-refractivity contribution in [1.82, 2.24) is 10.2 Å². The number of piperidine rings is 1. The minimum Gasteiger partial charge on any atom is -0.481 e. The number of nitrogens with zero attached hydrogens (tertiary/aromatic N) is 1. The van der Waals surface area contributed by atoms with Crippen molar-refractivity contribution in [2.45, 2.75) is 141 Å². The Morgan fingerprint density at radius 3 is 2.35 bits per heavy atom. The molecule has 1 saturated heterocycles. The van der Waals surface area contributed by atoms with Gasteiger partial charge in [-0.1, -0.05) is 46.3 Å². The van der Waals surface area contributed by atoms with Crippen LogP contribution in [0.3, 0.4) is 0 Å². The van der Waals surface area contributed by atoms with Crippen LogP contribution < -0.4 is 5.32 Å². The molecule has 8 unspecified atom stereocenters. The summed E-state index contributed by atoms with van der Waals surface area (Å²) in [5, 5.41) is 24.3. The molecule has 3 N–H and O–H groups in total. The van der Waals surface area contributed by atoms with Crippen molar-refractivity contribution < 1.29 is 19.2 Å². The summed E-state index contributed by atoms with van der Waals surface area (Å²) in [5.41, 5.74) is 3.24. The topological polar surface area (TPSA) is 89.9 Å². The highest BCUT2D eigenvalue weighted by atomic mass is 32.2. The van der Waals surface area contributed by atoms with E-state index in [-0.39, 0.29) is 12.0 Å². The van der Waals surface area contributed by atoms with E-state index >= 15 is 0 Å². The van der Waals surface area contributed by atoms with Gasteiger partial charge in [0.1, 0.15) is 0 Å². The lowest BCUT2D eigenvalue weighted by atomic mass is 9.37. The number of carbonyl (C=O) groups is 1. The Labute approximate surface area is 300 Å². The largest absolute Gasteiger partial charge is 0.481 e. The summed E-state index contributed by atoms with van der Waals surface area (Å²) in [6.07, 6.45) is 24.8. The molecule has 0 bridgehead atoms. The molecule has 0 aromatic rings. The van der Waals surface area contributed by atoms with Gasteiger partial charge in [-0.2, -0.15) is 0 Å². The molecule has 6 aliphatic carbocycles. The number of carboxylic acid groups (broad SMARTS) is 1. The monoisotopic (exact) mass is 696 g/mol. The van der Waals surface area contributed by atoms with Crippen LogP contribution in [0, 0.1) is 51.2 Å². The molecule has 10 atom stereocenters. The maximum atomic E-state index is 12.2. The highest BCUT2D eigenvalue weighted by molar-refractivity contribution is 7.84. The Morgan fingerprint density at radius 1 is 0.898 bits per heavy atom. The minimum atomic E-state index is -0.806. The Balaban J connectivity index is 1.04. The Morgan fingerprint density at radius 2 is 1.67 bits per heavy atom. The first kappa shape index (κ1) is 36.3. The van der Waals surface area contributed by atoms with Crippen molar-refractivity contribution in [2.75, 3.05) is 39.0 Å². The molecular weight excluding hydrogens is 629 g/mol. The van der Waals surface area contributed by atoms with Gasteiger partial charge in [-0.15, -0.1) is 0 Å². The first-order chi connectivity index (χ1) is 23.3. The molecule has 4 saturated carbocycles. The van der Waals surface area contributed by atoms with Crippen LogP contribution in [0.15, 0.2) is 23.3 Å². The second-order valence-electron chi connectivity index (χ2n) is 19.2. The zero-order valence-electron chi connectivity index (χ0n) is 31.5. The Kier molecular flexibility index (Phi) is 9.97.